The molecule has 0 aliphatic carbocycles. The van der Waals surface area contributed by atoms with E-state index in [0.29, 0.717) is 17.8 Å². The minimum atomic E-state index is 0.599. The molecule has 1 fully saturated rings. The summed E-state index contributed by atoms with van der Waals surface area (Å²) in [6, 6.07) is 4.52. The molecule has 0 saturated carbocycles. The highest BCUT2D eigenvalue weighted by molar-refractivity contribution is 5.55. The number of aromatic nitrogens is 3. The van der Waals surface area contributed by atoms with Gasteiger partial charge in [-0.25, -0.2) is 4.98 Å². The molecule has 0 amide bonds. The summed E-state index contributed by atoms with van der Waals surface area (Å²) in [6.45, 7) is 4.09. The summed E-state index contributed by atoms with van der Waals surface area (Å²) in [5.74, 6) is 2.19. The number of hydrogen-bond acceptors (Lipinski definition) is 6. The zero-order chi connectivity index (χ0) is 14.8. The lowest BCUT2D eigenvalue weighted by Crippen LogP contribution is -2.26. The van der Waals surface area contributed by atoms with Gasteiger partial charge in [-0.1, -0.05) is 5.16 Å². The summed E-state index contributed by atoms with van der Waals surface area (Å²) in [4.78, 5) is 13.2. The van der Waals surface area contributed by atoms with Crippen molar-refractivity contribution in [3.63, 3.8) is 0 Å². The topological polar surface area (TPSA) is 58.3 Å². The monoisotopic (exact) mass is 287 g/mol. The fourth-order valence-electron chi connectivity index (χ4n) is 2.62. The Hall–Kier alpha value is -1.95. The highest BCUT2D eigenvalue weighted by Gasteiger charge is 2.22. The largest absolute Gasteiger partial charge is 0.363 e. The highest BCUT2D eigenvalue weighted by atomic mass is 16.5. The number of likely N-dealkylation sites (tertiary alicyclic amines) is 1. The van der Waals surface area contributed by atoms with Crippen LogP contribution in [0.15, 0.2) is 22.9 Å². The van der Waals surface area contributed by atoms with Crippen molar-refractivity contribution in [2.45, 2.75) is 32.4 Å². The molecule has 0 aromatic carbocycles. The molecule has 1 aliphatic heterocycles. The molecular formula is C15H21N5O. The Balaban J connectivity index is 1.72. The molecule has 6 nitrogen and oxygen atoms in total. The van der Waals surface area contributed by atoms with Gasteiger partial charge >= 0.3 is 0 Å². The zero-order valence-corrected chi connectivity index (χ0v) is 12.8. The van der Waals surface area contributed by atoms with Crippen LogP contribution in [0.4, 0.5) is 5.82 Å². The molecular weight excluding hydrogens is 266 g/mol. The van der Waals surface area contributed by atoms with Crippen LogP contribution in [0, 0.1) is 0 Å². The smallest absolute Gasteiger partial charge is 0.241 e. The second-order valence-corrected chi connectivity index (χ2v) is 5.77. The molecule has 0 bridgehead atoms. The molecule has 0 unspecified atom stereocenters. The molecule has 21 heavy (non-hydrogen) atoms. The number of hydrogen-bond donors (Lipinski definition) is 0. The van der Waals surface area contributed by atoms with Crippen LogP contribution >= 0.6 is 0 Å². The Morgan fingerprint density at radius 2 is 2.24 bits per heavy atom. The fraction of sp³-hybridized carbons (Fsp3) is 0.533. The second-order valence-electron chi connectivity index (χ2n) is 5.77. The molecule has 3 heterocycles. The maximum Gasteiger partial charge on any atom is 0.241 e. The quantitative estimate of drug-likeness (QED) is 0.859. The van der Waals surface area contributed by atoms with Crippen LogP contribution in [-0.4, -0.2) is 46.7 Å². The van der Waals surface area contributed by atoms with Gasteiger partial charge in [-0.05, 0) is 38.4 Å². The Bertz CT molecular complexity index is 592. The third-order valence-corrected chi connectivity index (χ3v) is 3.96. The van der Waals surface area contributed by atoms with E-state index in [1.165, 1.54) is 12.8 Å². The Kier molecular flexibility index (Phi) is 3.88. The van der Waals surface area contributed by atoms with Crippen molar-refractivity contribution in [3.05, 3.63) is 24.2 Å². The Morgan fingerprint density at radius 3 is 2.86 bits per heavy atom. The van der Waals surface area contributed by atoms with Gasteiger partial charge in [0.1, 0.15) is 5.82 Å². The minimum Gasteiger partial charge on any atom is -0.363 e. The van der Waals surface area contributed by atoms with E-state index in [1.807, 2.05) is 31.1 Å². The number of nitrogens with zero attached hydrogens (tertiary/aromatic N) is 5. The van der Waals surface area contributed by atoms with E-state index in [0.717, 1.165) is 24.5 Å². The van der Waals surface area contributed by atoms with Crippen LogP contribution in [0.25, 0.3) is 11.4 Å². The summed E-state index contributed by atoms with van der Waals surface area (Å²) in [5, 5.41) is 4.06. The molecule has 112 valence electrons. The lowest BCUT2D eigenvalue weighted by Gasteiger charge is -2.17. The van der Waals surface area contributed by atoms with Gasteiger partial charge < -0.3 is 9.42 Å². The summed E-state index contributed by atoms with van der Waals surface area (Å²) in [5.41, 5.74) is 0.880. The maximum atomic E-state index is 5.37. The van der Waals surface area contributed by atoms with Crippen LogP contribution < -0.4 is 4.90 Å². The zero-order valence-electron chi connectivity index (χ0n) is 12.8. The third-order valence-electron chi connectivity index (χ3n) is 3.96. The van der Waals surface area contributed by atoms with Crippen molar-refractivity contribution in [1.82, 2.24) is 20.0 Å². The second kappa shape index (κ2) is 5.81. The molecule has 0 spiro atoms. The van der Waals surface area contributed by atoms with Crippen molar-refractivity contribution < 1.29 is 4.52 Å². The predicted molar refractivity (Wildman–Crippen MR) is 81.0 cm³/mol. The molecule has 1 atom stereocenters. The molecule has 2 aromatic rings. The van der Waals surface area contributed by atoms with Gasteiger partial charge in [-0.3, -0.25) is 4.90 Å². The first-order valence-corrected chi connectivity index (χ1v) is 7.34. The van der Waals surface area contributed by atoms with Crippen LogP contribution in [0.1, 0.15) is 25.7 Å². The van der Waals surface area contributed by atoms with Gasteiger partial charge in [0.05, 0.1) is 6.54 Å². The summed E-state index contributed by atoms with van der Waals surface area (Å²) in [7, 11) is 3.93. The van der Waals surface area contributed by atoms with Crippen LogP contribution in [0.3, 0.4) is 0 Å². The van der Waals surface area contributed by atoms with E-state index in [4.69, 9.17) is 4.52 Å². The molecule has 1 saturated heterocycles. The summed E-state index contributed by atoms with van der Waals surface area (Å²) >= 11 is 0. The van der Waals surface area contributed by atoms with E-state index in [-0.39, 0.29) is 0 Å². The Labute approximate surface area is 124 Å². The molecule has 2 aromatic heterocycles. The lowest BCUT2D eigenvalue weighted by molar-refractivity contribution is 0.221. The van der Waals surface area contributed by atoms with Crippen molar-refractivity contribution in [3.8, 4) is 11.4 Å². The SMILES string of the molecule is C[C@H]1CCCN1Cc1nc(-c2ccc(N(C)C)nc2)no1. The lowest BCUT2D eigenvalue weighted by atomic mass is 10.2. The van der Waals surface area contributed by atoms with E-state index in [9.17, 15) is 0 Å². The predicted octanol–water partition coefficient (Wildman–Crippen LogP) is 2.18. The average Bonchev–Trinajstić information content (AvgIpc) is 3.10. The van der Waals surface area contributed by atoms with E-state index in [1.54, 1.807) is 6.20 Å². The van der Waals surface area contributed by atoms with Crippen molar-refractivity contribution in [2.75, 3.05) is 25.5 Å². The van der Waals surface area contributed by atoms with Gasteiger partial charge in [0.2, 0.25) is 11.7 Å². The van der Waals surface area contributed by atoms with Crippen LogP contribution in [-0.2, 0) is 6.54 Å². The number of anilines is 1. The normalized spacial score (nSPS) is 19.1. The summed E-state index contributed by atoms with van der Waals surface area (Å²) < 4.78 is 5.37. The maximum absolute atomic E-state index is 5.37. The fourth-order valence-corrected chi connectivity index (χ4v) is 2.62. The van der Waals surface area contributed by atoms with Crippen LogP contribution in [0.5, 0.6) is 0 Å². The molecule has 1 aliphatic rings. The first-order chi connectivity index (χ1) is 10.1. The first kappa shape index (κ1) is 14.0. The highest BCUT2D eigenvalue weighted by Crippen LogP contribution is 2.21. The van der Waals surface area contributed by atoms with Crippen LogP contribution in [0.2, 0.25) is 0 Å². The van der Waals surface area contributed by atoms with Crippen molar-refractivity contribution >= 4 is 5.82 Å². The molecule has 3 rings (SSSR count). The van der Waals surface area contributed by atoms with E-state index >= 15 is 0 Å². The van der Waals surface area contributed by atoms with Gasteiger partial charge in [0.15, 0.2) is 0 Å². The molecule has 0 radical (unpaired) electrons. The van der Waals surface area contributed by atoms with Gasteiger partial charge in [-0.2, -0.15) is 4.98 Å². The number of rotatable bonds is 4. The average molecular weight is 287 g/mol. The molecule has 0 N–H and O–H groups in total. The van der Waals surface area contributed by atoms with Gasteiger partial charge in [-0.15, -0.1) is 0 Å². The first-order valence-electron chi connectivity index (χ1n) is 7.34. The molecule has 6 heteroatoms. The van der Waals surface area contributed by atoms with Gasteiger partial charge in [0, 0.05) is 31.9 Å². The Morgan fingerprint density at radius 1 is 1.38 bits per heavy atom. The van der Waals surface area contributed by atoms with Crippen molar-refractivity contribution in [1.29, 1.82) is 0 Å². The number of pyridine rings is 1. The standard InChI is InChI=1S/C15H21N5O/c1-11-5-4-8-20(11)10-14-17-15(18-21-14)12-6-7-13(16-9-12)19(2)3/h6-7,9,11H,4-5,8,10H2,1-3H3/t11-/m0/s1. The van der Waals surface area contributed by atoms with Gasteiger partial charge in [0.25, 0.3) is 0 Å². The van der Waals surface area contributed by atoms with E-state index < -0.39 is 0 Å². The van der Waals surface area contributed by atoms with Crippen molar-refractivity contribution in [2.24, 2.45) is 0 Å². The van der Waals surface area contributed by atoms with E-state index in [2.05, 4.69) is 26.9 Å². The summed E-state index contributed by atoms with van der Waals surface area (Å²) in [6.07, 6.45) is 4.28. The minimum absolute atomic E-state index is 0.599. The third kappa shape index (κ3) is 3.05.